The Morgan fingerprint density at radius 3 is 2.44 bits per heavy atom. The van der Waals surface area contributed by atoms with Gasteiger partial charge in [-0.05, 0) is 50.6 Å². The predicted molar refractivity (Wildman–Crippen MR) is 95.1 cm³/mol. The molecule has 0 aromatic heterocycles. The van der Waals surface area contributed by atoms with Gasteiger partial charge in [-0.3, -0.25) is 9.59 Å². The normalized spacial score (nSPS) is 14.7. The van der Waals surface area contributed by atoms with Gasteiger partial charge in [0.05, 0.1) is 0 Å². The summed E-state index contributed by atoms with van der Waals surface area (Å²) in [6.07, 6.45) is 2.81. The first-order chi connectivity index (χ1) is 11.5. The number of halogens is 3. The van der Waals surface area contributed by atoms with Crippen molar-refractivity contribution < 1.29 is 18.4 Å². The first kappa shape index (κ1) is 21.5. The zero-order valence-electron chi connectivity index (χ0n) is 14.4. The monoisotopic (exact) mass is 374 g/mol. The van der Waals surface area contributed by atoms with Crippen LogP contribution in [0.2, 0.25) is 0 Å². The second-order valence-corrected chi connectivity index (χ2v) is 6.12. The molecule has 1 heterocycles. The lowest BCUT2D eigenvalue weighted by atomic mass is 10.0. The number of rotatable bonds is 7. The van der Waals surface area contributed by atoms with Gasteiger partial charge in [-0.15, -0.1) is 12.4 Å². The van der Waals surface area contributed by atoms with E-state index in [1.165, 1.54) is 6.07 Å². The fourth-order valence-corrected chi connectivity index (χ4v) is 3.05. The van der Waals surface area contributed by atoms with E-state index in [1.54, 1.807) is 0 Å². The summed E-state index contributed by atoms with van der Waals surface area (Å²) in [5.74, 6) is -2.42. The molecule has 1 saturated heterocycles. The number of carbonyl (C=O) groups excluding carboxylic acids is 2. The molecule has 0 bridgehead atoms. The average molecular weight is 375 g/mol. The molecule has 1 aromatic carbocycles. The Hall–Kier alpha value is -1.53. The molecule has 1 amide bonds. The molecule has 0 radical (unpaired) electrons. The Labute approximate surface area is 153 Å². The van der Waals surface area contributed by atoms with Gasteiger partial charge in [-0.25, -0.2) is 8.78 Å². The standard InChI is InChI=1S/C18H24F2N2O2.ClH/c1-2-11-22(14-7-9-21-10-8-14)18(24)6-5-17(23)13-3-4-15(19)16(20)12-13;/h3-4,12,14,21H,2,5-11H2,1H3;1H. The quantitative estimate of drug-likeness (QED) is 0.745. The fraction of sp³-hybridized carbons (Fsp3) is 0.556. The van der Waals surface area contributed by atoms with Gasteiger partial charge in [0.25, 0.3) is 0 Å². The highest BCUT2D eigenvalue weighted by atomic mass is 35.5. The van der Waals surface area contributed by atoms with Crippen molar-refractivity contribution in [2.24, 2.45) is 0 Å². The van der Waals surface area contributed by atoms with E-state index in [4.69, 9.17) is 0 Å². The van der Waals surface area contributed by atoms with Gasteiger partial charge < -0.3 is 10.2 Å². The van der Waals surface area contributed by atoms with Crippen LogP contribution in [-0.4, -0.2) is 42.3 Å². The summed E-state index contributed by atoms with van der Waals surface area (Å²) in [5, 5.41) is 3.27. The zero-order valence-corrected chi connectivity index (χ0v) is 15.2. The van der Waals surface area contributed by atoms with Crippen molar-refractivity contribution >= 4 is 24.1 Å². The molecule has 1 fully saturated rings. The summed E-state index contributed by atoms with van der Waals surface area (Å²) in [4.78, 5) is 26.5. The number of carbonyl (C=O) groups is 2. The maximum absolute atomic E-state index is 13.2. The van der Waals surface area contributed by atoms with Crippen LogP contribution >= 0.6 is 12.4 Å². The molecule has 1 aromatic rings. The van der Waals surface area contributed by atoms with Crippen molar-refractivity contribution in [1.29, 1.82) is 0 Å². The van der Waals surface area contributed by atoms with Gasteiger partial charge >= 0.3 is 0 Å². The highest BCUT2D eigenvalue weighted by Gasteiger charge is 2.25. The number of amides is 1. The molecule has 0 unspecified atom stereocenters. The third-order valence-electron chi connectivity index (χ3n) is 4.34. The van der Waals surface area contributed by atoms with E-state index in [9.17, 15) is 18.4 Å². The van der Waals surface area contributed by atoms with Crippen molar-refractivity contribution in [3.8, 4) is 0 Å². The minimum Gasteiger partial charge on any atom is -0.340 e. The Morgan fingerprint density at radius 1 is 1.16 bits per heavy atom. The Bertz CT molecular complexity index is 592. The van der Waals surface area contributed by atoms with Gasteiger partial charge in [0.2, 0.25) is 5.91 Å². The highest BCUT2D eigenvalue weighted by molar-refractivity contribution is 5.98. The van der Waals surface area contributed by atoms with Crippen LogP contribution in [0.1, 0.15) is 49.4 Å². The molecule has 2 rings (SSSR count). The fourth-order valence-electron chi connectivity index (χ4n) is 3.05. The molecular formula is C18H25ClF2N2O2. The molecule has 0 saturated carbocycles. The molecule has 25 heavy (non-hydrogen) atoms. The van der Waals surface area contributed by atoms with Crippen LogP contribution < -0.4 is 5.32 Å². The third-order valence-corrected chi connectivity index (χ3v) is 4.34. The van der Waals surface area contributed by atoms with Crippen LogP contribution in [0.15, 0.2) is 18.2 Å². The summed E-state index contributed by atoms with van der Waals surface area (Å²) in [6.45, 7) is 4.49. The van der Waals surface area contributed by atoms with Crippen molar-refractivity contribution in [2.75, 3.05) is 19.6 Å². The maximum atomic E-state index is 13.2. The molecule has 1 aliphatic heterocycles. The van der Waals surface area contributed by atoms with Crippen LogP contribution in [0.5, 0.6) is 0 Å². The van der Waals surface area contributed by atoms with Gasteiger partial charge in [0.15, 0.2) is 17.4 Å². The number of hydrogen-bond acceptors (Lipinski definition) is 3. The second kappa shape index (κ2) is 10.5. The van der Waals surface area contributed by atoms with Gasteiger partial charge in [0.1, 0.15) is 0 Å². The Kier molecular flexibility index (Phi) is 9.00. The number of nitrogens with one attached hydrogen (secondary N) is 1. The molecule has 4 nitrogen and oxygen atoms in total. The smallest absolute Gasteiger partial charge is 0.223 e. The van der Waals surface area contributed by atoms with Crippen molar-refractivity contribution in [3.63, 3.8) is 0 Å². The van der Waals surface area contributed by atoms with Crippen molar-refractivity contribution in [3.05, 3.63) is 35.4 Å². The number of benzene rings is 1. The Balaban J connectivity index is 0.00000312. The molecule has 0 spiro atoms. The third kappa shape index (κ3) is 6.04. The summed E-state index contributed by atoms with van der Waals surface area (Å²) in [6, 6.07) is 3.29. The molecule has 0 atom stereocenters. The highest BCUT2D eigenvalue weighted by Crippen LogP contribution is 2.16. The van der Waals surface area contributed by atoms with E-state index in [2.05, 4.69) is 5.32 Å². The molecular weight excluding hydrogens is 350 g/mol. The first-order valence-electron chi connectivity index (χ1n) is 8.51. The number of nitrogens with zero attached hydrogens (tertiary/aromatic N) is 1. The summed E-state index contributed by atoms with van der Waals surface area (Å²) < 4.78 is 26.1. The lowest BCUT2D eigenvalue weighted by Crippen LogP contribution is -2.46. The minimum atomic E-state index is -1.05. The van der Waals surface area contributed by atoms with Crippen LogP contribution in [-0.2, 0) is 4.79 Å². The van der Waals surface area contributed by atoms with Gasteiger partial charge in [-0.2, -0.15) is 0 Å². The number of hydrogen-bond donors (Lipinski definition) is 1. The number of piperidine rings is 1. The van der Waals surface area contributed by atoms with E-state index < -0.39 is 11.6 Å². The van der Waals surface area contributed by atoms with E-state index >= 15 is 0 Å². The predicted octanol–water partition coefficient (Wildman–Crippen LogP) is 3.34. The second-order valence-electron chi connectivity index (χ2n) is 6.12. The van der Waals surface area contributed by atoms with Crippen LogP contribution in [0.4, 0.5) is 8.78 Å². The lowest BCUT2D eigenvalue weighted by molar-refractivity contribution is -0.134. The number of Topliss-reactive ketones (excluding diaryl/α,β-unsaturated/α-hetero) is 1. The SMILES string of the molecule is CCCN(C(=O)CCC(=O)c1ccc(F)c(F)c1)C1CCNCC1.Cl. The van der Waals surface area contributed by atoms with E-state index in [1.807, 2.05) is 11.8 Å². The first-order valence-corrected chi connectivity index (χ1v) is 8.51. The van der Waals surface area contributed by atoms with E-state index in [0.29, 0.717) is 6.54 Å². The summed E-state index contributed by atoms with van der Waals surface area (Å²) >= 11 is 0. The lowest BCUT2D eigenvalue weighted by Gasteiger charge is -2.34. The molecule has 1 N–H and O–H groups in total. The number of ketones is 1. The largest absolute Gasteiger partial charge is 0.340 e. The van der Waals surface area contributed by atoms with Crippen LogP contribution in [0.25, 0.3) is 0 Å². The Morgan fingerprint density at radius 2 is 1.84 bits per heavy atom. The van der Waals surface area contributed by atoms with Crippen molar-refractivity contribution in [1.82, 2.24) is 10.2 Å². The average Bonchev–Trinajstić information content (AvgIpc) is 2.60. The molecule has 1 aliphatic rings. The molecule has 7 heteroatoms. The van der Waals surface area contributed by atoms with Crippen molar-refractivity contribution in [2.45, 2.75) is 45.1 Å². The minimum absolute atomic E-state index is 0. The van der Waals surface area contributed by atoms with E-state index in [0.717, 1.165) is 44.5 Å². The van der Waals surface area contributed by atoms with Gasteiger partial charge in [0, 0.05) is 31.0 Å². The maximum Gasteiger partial charge on any atom is 0.223 e. The summed E-state index contributed by atoms with van der Waals surface area (Å²) in [7, 11) is 0. The molecule has 140 valence electrons. The van der Waals surface area contributed by atoms with Gasteiger partial charge in [-0.1, -0.05) is 6.92 Å². The summed E-state index contributed by atoms with van der Waals surface area (Å²) in [5.41, 5.74) is 0.102. The van der Waals surface area contributed by atoms with Crippen LogP contribution in [0, 0.1) is 11.6 Å². The van der Waals surface area contributed by atoms with E-state index in [-0.39, 0.29) is 48.5 Å². The van der Waals surface area contributed by atoms with Crippen LogP contribution in [0.3, 0.4) is 0 Å². The molecule has 0 aliphatic carbocycles. The topological polar surface area (TPSA) is 49.4 Å². The zero-order chi connectivity index (χ0) is 17.5.